The summed E-state index contributed by atoms with van der Waals surface area (Å²) in [6, 6.07) is 4.85. The van der Waals surface area contributed by atoms with Gasteiger partial charge in [-0.3, -0.25) is 9.88 Å². The molecule has 1 aromatic heterocycles. The van der Waals surface area contributed by atoms with Crippen LogP contribution in [0.15, 0.2) is 24.5 Å². The van der Waals surface area contributed by atoms with Crippen molar-refractivity contribution >= 4 is 0 Å². The molecule has 1 N–H and O–H groups in total. The first-order valence-electron chi connectivity index (χ1n) is 7.28. The number of piperazine rings is 1. The monoisotopic (exact) mass is 262 g/mol. The fraction of sp³-hybridized carbons (Fsp3) is 0.667. The molecule has 4 heteroatoms. The van der Waals surface area contributed by atoms with Crippen LogP contribution in [0.2, 0.25) is 0 Å². The molecule has 2 rings (SSSR count). The topological polar surface area (TPSA) is 31.4 Å². The van der Waals surface area contributed by atoms with Crippen LogP contribution in [0.4, 0.5) is 0 Å². The molecule has 1 unspecified atom stereocenters. The van der Waals surface area contributed by atoms with Gasteiger partial charge in [-0.05, 0) is 38.1 Å². The summed E-state index contributed by atoms with van der Waals surface area (Å²) < 4.78 is 0. The van der Waals surface area contributed by atoms with Gasteiger partial charge in [0.05, 0.1) is 0 Å². The Balaban J connectivity index is 1.70. The highest BCUT2D eigenvalue weighted by atomic mass is 15.2. The zero-order chi connectivity index (χ0) is 13.5. The van der Waals surface area contributed by atoms with Gasteiger partial charge in [0.15, 0.2) is 0 Å². The molecular weight excluding hydrogens is 236 g/mol. The largest absolute Gasteiger partial charge is 0.314 e. The van der Waals surface area contributed by atoms with Gasteiger partial charge in [-0.1, -0.05) is 0 Å². The number of nitrogens with one attached hydrogen (secondary N) is 1. The smallest absolute Gasteiger partial charge is 0.0270 e. The number of pyridine rings is 1. The molecule has 19 heavy (non-hydrogen) atoms. The number of nitrogens with zero attached hydrogens (tertiary/aromatic N) is 3. The van der Waals surface area contributed by atoms with Crippen LogP contribution in [-0.4, -0.2) is 67.1 Å². The quantitative estimate of drug-likeness (QED) is 0.823. The van der Waals surface area contributed by atoms with Gasteiger partial charge < -0.3 is 10.2 Å². The molecule has 1 aromatic rings. The Morgan fingerprint density at radius 1 is 1.32 bits per heavy atom. The summed E-state index contributed by atoms with van der Waals surface area (Å²) >= 11 is 0. The molecule has 0 radical (unpaired) electrons. The molecule has 4 nitrogen and oxygen atoms in total. The molecule has 0 aliphatic carbocycles. The summed E-state index contributed by atoms with van der Waals surface area (Å²) in [6.07, 6.45) is 4.85. The summed E-state index contributed by atoms with van der Waals surface area (Å²) in [5.74, 6) is 0. The van der Waals surface area contributed by atoms with Crippen LogP contribution in [0.1, 0.15) is 12.5 Å². The minimum Gasteiger partial charge on any atom is -0.314 e. The zero-order valence-electron chi connectivity index (χ0n) is 12.2. The lowest BCUT2D eigenvalue weighted by atomic mass is 10.2. The van der Waals surface area contributed by atoms with Gasteiger partial charge >= 0.3 is 0 Å². The van der Waals surface area contributed by atoms with Crippen LogP contribution in [0, 0.1) is 0 Å². The molecule has 2 heterocycles. The Bertz CT molecular complexity index is 348. The Morgan fingerprint density at radius 3 is 2.68 bits per heavy atom. The van der Waals surface area contributed by atoms with Gasteiger partial charge in [0.1, 0.15) is 0 Å². The first-order valence-corrected chi connectivity index (χ1v) is 7.28. The zero-order valence-corrected chi connectivity index (χ0v) is 12.2. The third-order valence-corrected chi connectivity index (χ3v) is 3.88. The molecule has 1 aliphatic rings. The maximum Gasteiger partial charge on any atom is 0.0270 e. The molecule has 0 saturated carbocycles. The molecule has 1 fully saturated rings. The van der Waals surface area contributed by atoms with E-state index in [2.05, 4.69) is 46.2 Å². The molecule has 0 amide bonds. The van der Waals surface area contributed by atoms with Crippen LogP contribution >= 0.6 is 0 Å². The van der Waals surface area contributed by atoms with E-state index in [-0.39, 0.29) is 0 Å². The van der Waals surface area contributed by atoms with Gasteiger partial charge in [0.2, 0.25) is 0 Å². The maximum atomic E-state index is 4.06. The maximum absolute atomic E-state index is 4.06. The molecular formula is C15H26N4. The van der Waals surface area contributed by atoms with Crippen molar-refractivity contribution in [2.45, 2.75) is 19.4 Å². The summed E-state index contributed by atoms with van der Waals surface area (Å²) in [5.41, 5.74) is 1.37. The summed E-state index contributed by atoms with van der Waals surface area (Å²) in [5, 5.41) is 3.41. The summed E-state index contributed by atoms with van der Waals surface area (Å²) in [4.78, 5) is 9.08. The lowest BCUT2D eigenvalue weighted by Crippen LogP contribution is -2.50. The predicted molar refractivity (Wildman–Crippen MR) is 79.3 cm³/mol. The van der Waals surface area contributed by atoms with Crippen LogP contribution in [0.5, 0.6) is 0 Å². The second-order valence-electron chi connectivity index (χ2n) is 5.50. The van der Waals surface area contributed by atoms with Gasteiger partial charge in [0, 0.05) is 57.7 Å². The van der Waals surface area contributed by atoms with Gasteiger partial charge in [-0.15, -0.1) is 0 Å². The molecule has 1 saturated heterocycles. The van der Waals surface area contributed by atoms with Gasteiger partial charge in [-0.25, -0.2) is 0 Å². The first-order chi connectivity index (χ1) is 9.25. The van der Waals surface area contributed by atoms with Gasteiger partial charge in [-0.2, -0.15) is 0 Å². The lowest BCUT2D eigenvalue weighted by molar-refractivity contribution is 0.147. The highest BCUT2D eigenvalue weighted by molar-refractivity contribution is 5.09. The minimum absolute atomic E-state index is 0.643. The van der Waals surface area contributed by atoms with E-state index in [9.17, 15) is 0 Å². The number of aromatic nitrogens is 1. The van der Waals surface area contributed by atoms with E-state index in [4.69, 9.17) is 0 Å². The second-order valence-corrected chi connectivity index (χ2v) is 5.50. The normalized spacial score (nSPS) is 18.7. The predicted octanol–water partition coefficient (Wildman–Crippen LogP) is 0.850. The highest BCUT2D eigenvalue weighted by Crippen LogP contribution is 2.04. The number of likely N-dealkylation sites (N-methyl/N-ethyl adjacent to an activating group) is 1. The third kappa shape index (κ3) is 4.90. The van der Waals surface area contributed by atoms with Crippen molar-refractivity contribution in [1.82, 2.24) is 20.1 Å². The van der Waals surface area contributed by atoms with Crippen molar-refractivity contribution in [2.24, 2.45) is 0 Å². The summed E-state index contributed by atoms with van der Waals surface area (Å²) in [6.45, 7) is 9.22. The number of rotatable bonds is 6. The van der Waals surface area contributed by atoms with Crippen LogP contribution in [0.3, 0.4) is 0 Å². The first kappa shape index (κ1) is 14.4. The SMILES string of the molecule is CC(CN(C)CCc1ccncc1)N1CCNCC1. The average Bonchev–Trinajstić information content (AvgIpc) is 2.47. The number of hydrogen-bond donors (Lipinski definition) is 1. The van der Waals surface area contributed by atoms with Crippen molar-refractivity contribution in [3.05, 3.63) is 30.1 Å². The molecule has 106 valence electrons. The van der Waals surface area contributed by atoms with Crippen LogP contribution in [0.25, 0.3) is 0 Å². The Morgan fingerprint density at radius 2 is 2.00 bits per heavy atom. The number of hydrogen-bond acceptors (Lipinski definition) is 4. The fourth-order valence-electron chi connectivity index (χ4n) is 2.65. The van der Waals surface area contributed by atoms with E-state index in [1.165, 1.54) is 18.7 Å². The Labute approximate surface area is 116 Å². The molecule has 1 atom stereocenters. The van der Waals surface area contributed by atoms with Crippen molar-refractivity contribution in [1.29, 1.82) is 0 Å². The fourth-order valence-corrected chi connectivity index (χ4v) is 2.65. The van der Waals surface area contributed by atoms with E-state index >= 15 is 0 Å². The van der Waals surface area contributed by atoms with E-state index in [1.807, 2.05) is 12.4 Å². The highest BCUT2D eigenvalue weighted by Gasteiger charge is 2.17. The van der Waals surface area contributed by atoms with E-state index in [0.29, 0.717) is 6.04 Å². The molecule has 0 spiro atoms. The van der Waals surface area contributed by atoms with Crippen molar-refractivity contribution < 1.29 is 0 Å². The Hall–Kier alpha value is -0.970. The van der Waals surface area contributed by atoms with Crippen molar-refractivity contribution in [3.63, 3.8) is 0 Å². The Kier molecular flexibility index (Phi) is 5.76. The minimum atomic E-state index is 0.643. The second kappa shape index (κ2) is 7.58. The van der Waals surface area contributed by atoms with Crippen molar-refractivity contribution in [3.8, 4) is 0 Å². The van der Waals surface area contributed by atoms with Crippen molar-refractivity contribution in [2.75, 3.05) is 46.3 Å². The summed E-state index contributed by atoms with van der Waals surface area (Å²) in [7, 11) is 2.22. The third-order valence-electron chi connectivity index (χ3n) is 3.88. The van der Waals surface area contributed by atoms with E-state index < -0.39 is 0 Å². The molecule has 1 aliphatic heterocycles. The standard InChI is InChI=1S/C15H26N4/c1-14(19-11-8-17-9-12-19)13-18(2)10-5-15-3-6-16-7-4-15/h3-4,6-7,14,17H,5,8-13H2,1-2H3. The van der Waals surface area contributed by atoms with Crippen LogP contribution < -0.4 is 5.32 Å². The van der Waals surface area contributed by atoms with E-state index in [0.717, 1.165) is 32.6 Å². The van der Waals surface area contributed by atoms with Crippen LogP contribution in [-0.2, 0) is 6.42 Å². The molecule has 0 aromatic carbocycles. The average molecular weight is 262 g/mol. The van der Waals surface area contributed by atoms with E-state index in [1.54, 1.807) is 0 Å². The molecule has 0 bridgehead atoms. The van der Waals surface area contributed by atoms with Gasteiger partial charge in [0.25, 0.3) is 0 Å². The lowest BCUT2D eigenvalue weighted by Gasteiger charge is -2.35.